The van der Waals surface area contributed by atoms with Crippen molar-refractivity contribution in [2.75, 3.05) is 58.4 Å². The Bertz CT molecular complexity index is 2280. The van der Waals surface area contributed by atoms with Crippen molar-refractivity contribution in [3.05, 3.63) is 51.6 Å². The van der Waals surface area contributed by atoms with Crippen molar-refractivity contribution >= 4 is 45.7 Å². The van der Waals surface area contributed by atoms with E-state index in [9.17, 15) is 14.4 Å². The van der Waals surface area contributed by atoms with E-state index < -0.39 is 17.5 Å². The van der Waals surface area contributed by atoms with Gasteiger partial charge in [0.05, 0.1) is 52.2 Å². The number of esters is 1. The number of aromatic nitrogens is 3. The molecule has 314 valence electrons. The van der Waals surface area contributed by atoms with Crippen LogP contribution in [0.15, 0.2) is 29.8 Å². The third kappa shape index (κ3) is 7.89. The maximum absolute atomic E-state index is 14.2. The molecule has 4 aromatic rings. The van der Waals surface area contributed by atoms with Crippen LogP contribution in [0.5, 0.6) is 0 Å². The van der Waals surface area contributed by atoms with Gasteiger partial charge in [0.1, 0.15) is 12.1 Å². The zero-order chi connectivity index (χ0) is 41.2. The van der Waals surface area contributed by atoms with Crippen molar-refractivity contribution < 1.29 is 23.9 Å². The predicted octanol–water partition coefficient (Wildman–Crippen LogP) is 5.54. The molecular formula is C45H58N8O5S. The van der Waals surface area contributed by atoms with E-state index in [1.807, 2.05) is 6.20 Å². The Balaban J connectivity index is 1.19. The van der Waals surface area contributed by atoms with Crippen LogP contribution in [0.1, 0.15) is 81.3 Å². The van der Waals surface area contributed by atoms with Crippen molar-refractivity contribution in [1.82, 2.24) is 35.2 Å². The number of hydrogen-bond donors (Lipinski definition) is 2. The number of methoxy groups -OCH3 is 1. The molecular weight excluding hydrogens is 765 g/mol. The van der Waals surface area contributed by atoms with E-state index in [-0.39, 0.29) is 42.8 Å². The number of carbonyl (C=O) groups is 3. The second-order valence-corrected chi connectivity index (χ2v) is 19.3. The molecule has 1 aliphatic carbocycles. The number of amides is 2. The summed E-state index contributed by atoms with van der Waals surface area (Å²) in [5.41, 5.74) is 12.6. The molecule has 9 rings (SSSR count). The van der Waals surface area contributed by atoms with E-state index in [1.165, 1.54) is 38.4 Å². The van der Waals surface area contributed by atoms with Gasteiger partial charge >= 0.3 is 5.97 Å². The summed E-state index contributed by atoms with van der Waals surface area (Å²) in [6.07, 6.45) is 6.62. The van der Waals surface area contributed by atoms with E-state index in [2.05, 4.69) is 83.4 Å². The molecule has 5 atom stereocenters. The van der Waals surface area contributed by atoms with Crippen LogP contribution in [0, 0.1) is 17.3 Å². The van der Waals surface area contributed by atoms with Crippen molar-refractivity contribution in [3.63, 3.8) is 0 Å². The third-order valence-electron chi connectivity index (χ3n) is 13.2. The molecule has 2 saturated heterocycles. The molecule has 4 aliphatic heterocycles. The molecule has 1 aromatic carbocycles. The Morgan fingerprint density at radius 3 is 2.66 bits per heavy atom. The van der Waals surface area contributed by atoms with E-state index >= 15 is 0 Å². The Morgan fingerprint density at radius 2 is 1.90 bits per heavy atom. The number of ether oxygens (including phenoxy) is 2. The van der Waals surface area contributed by atoms with Crippen LogP contribution in [-0.4, -0.2) is 108 Å². The van der Waals surface area contributed by atoms with Gasteiger partial charge in [-0.2, -0.15) is 0 Å². The van der Waals surface area contributed by atoms with Gasteiger partial charge in [0.2, 0.25) is 5.91 Å². The summed E-state index contributed by atoms with van der Waals surface area (Å²) in [6, 6.07) is 5.43. The number of pyridine rings is 1. The molecule has 5 aliphatic rings. The Labute approximate surface area is 350 Å². The molecule has 2 N–H and O–H groups in total. The standard InChI is InChI=1S/C45H58N8O5S/c1-26-17-31(26)42(54)48-36-21-38-47-37(24-59-38)29-18-28-9-7-11-52-40(28)32(19-29)34(22-45(3,4)25-58-44(56)35-10-8-12-53(49-35)43(36)55)41(52)33-20-30(23-46-39(33)27(2)57-6)51-15-13-50(5)14-16-51/h18-20,23-24,26-27,31,35-36,49H,7-17,21-22,25H2,1-6H3,(H,48,54)/t26-,27+,31+,35+,36+/m1/s1. The molecule has 7 heterocycles. The van der Waals surface area contributed by atoms with Gasteiger partial charge < -0.3 is 29.2 Å². The lowest BCUT2D eigenvalue weighted by Crippen LogP contribution is -2.60. The molecule has 3 aromatic heterocycles. The number of aryl methyl sites for hydroxylation is 2. The van der Waals surface area contributed by atoms with Crippen LogP contribution >= 0.6 is 11.3 Å². The fourth-order valence-corrected chi connectivity index (χ4v) is 10.4. The first-order valence-electron chi connectivity index (χ1n) is 21.5. The number of rotatable bonds is 6. The first kappa shape index (κ1) is 40.1. The minimum Gasteiger partial charge on any atom is -0.464 e. The largest absolute Gasteiger partial charge is 0.464 e. The highest BCUT2D eigenvalue weighted by Crippen LogP contribution is 2.46. The number of benzene rings is 1. The lowest BCUT2D eigenvalue weighted by molar-refractivity contribution is -0.155. The lowest BCUT2D eigenvalue weighted by Gasteiger charge is -2.35. The molecule has 0 radical (unpaired) electrons. The second kappa shape index (κ2) is 15.9. The molecule has 1 saturated carbocycles. The highest BCUT2D eigenvalue weighted by molar-refractivity contribution is 7.10. The number of likely N-dealkylation sites (N-methyl/N-ethyl adjacent to an activating group) is 1. The third-order valence-corrected chi connectivity index (χ3v) is 14.1. The molecule has 0 spiro atoms. The van der Waals surface area contributed by atoms with E-state index in [4.69, 9.17) is 19.4 Å². The van der Waals surface area contributed by atoms with E-state index in [1.54, 1.807) is 7.11 Å². The number of nitrogens with one attached hydrogen (secondary N) is 2. The molecule has 59 heavy (non-hydrogen) atoms. The van der Waals surface area contributed by atoms with Gasteiger partial charge in [0.15, 0.2) is 0 Å². The Kier molecular flexibility index (Phi) is 10.8. The number of cyclic esters (lactones) is 1. The predicted molar refractivity (Wildman–Crippen MR) is 229 cm³/mol. The number of anilines is 1. The van der Waals surface area contributed by atoms with Gasteiger partial charge in [0.25, 0.3) is 5.91 Å². The van der Waals surface area contributed by atoms with Crippen molar-refractivity contribution in [3.8, 4) is 22.5 Å². The summed E-state index contributed by atoms with van der Waals surface area (Å²) in [4.78, 5) is 56.4. The quantitative estimate of drug-likeness (QED) is 0.239. The van der Waals surface area contributed by atoms with Crippen LogP contribution in [-0.2, 0) is 49.7 Å². The summed E-state index contributed by atoms with van der Waals surface area (Å²) in [5.74, 6) is -0.526. The van der Waals surface area contributed by atoms with Gasteiger partial charge in [0, 0.05) is 86.0 Å². The highest BCUT2D eigenvalue weighted by Gasteiger charge is 2.42. The zero-order valence-corrected chi connectivity index (χ0v) is 36.1. The summed E-state index contributed by atoms with van der Waals surface area (Å²) in [6.45, 7) is 13.8. The molecule has 14 heteroatoms. The maximum Gasteiger partial charge on any atom is 0.324 e. The Morgan fingerprint density at radius 1 is 1.10 bits per heavy atom. The maximum atomic E-state index is 14.2. The number of hydrazine groups is 1. The van der Waals surface area contributed by atoms with Gasteiger partial charge in [-0.15, -0.1) is 11.3 Å². The number of nitrogens with zero attached hydrogens (tertiary/aromatic N) is 6. The first-order valence-corrected chi connectivity index (χ1v) is 22.4. The number of fused-ring (bicyclic) bond motifs is 6. The smallest absolute Gasteiger partial charge is 0.324 e. The van der Waals surface area contributed by atoms with E-state index in [0.717, 1.165) is 90.9 Å². The number of hydrogen-bond acceptors (Lipinski definition) is 11. The summed E-state index contributed by atoms with van der Waals surface area (Å²) in [5, 5.41) is 8.62. The van der Waals surface area contributed by atoms with Crippen molar-refractivity contribution in [2.45, 2.75) is 97.4 Å². The average molecular weight is 823 g/mol. The minimum absolute atomic E-state index is 0.0861. The monoisotopic (exact) mass is 822 g/mol. The van der Waals surface area contributed by atoms with Crippen LogP contribution in [0.3, 0.4) is 0 Å². The lowest BCUT2D eigenvalue weighted by atomic mass is 9.84. The van der Waals surface area contributed by atoms with Gasteiger partial charge in [-0.25, -0.2) is 10.4 Å². The number of piperazine rings is 1. The molecule has 0 unspecified atom stereocenters. The normalized spacial score (nSPS) is 25.4. The highest BCUT2D eigenvalue weighted by atomic mass is 32.1. The number of thiazole rings is 1. The molecule has 13 nitrogen and oxygen atoms in total. The van der Waals surface area contributed by atoms with Crippen LogP contribution in [0.2, 0.25) is 0 Å². The Hall–Kier alpha value is -4.37. The topological polar surface area (TPSA) is 134 Å². The summed E-state index contributed by atoms with van der Waals surface area (Å²) in [7, 11) is 3.92. The SMILES string of the molecule is CO[C@@H](C)c1ncc(N2CCN(C)CC2)cc1-c1c2c3cc(cc4c3n1CCC4)-c1csc(n1)C[C@H](NC(=O)[C@H]1C[C@H]1C)C(=O)N1CCC[C@H](N1)C(=O)OCC(C)(C)C2. The fourth-order valence-electron chi connectivity index (χ4n) is 9.53. The van der Waals surface area contributed by atoms with E-state index in [0.29, 0.717) is 31.7 Å². The first-order chi connectivity index (χ1) is 28.4. The average Bonchev–Trinajstić information content (AvgIpc) is 3.66. The van der Waals surface area contributed by atoms with Crippen LogP contribution < -0.4 is 15.6 Å². The molecule has 6 bridgehead atoms. The minimum atomic E-state index is -0.819. The van der Waals surface area contributed by atoms with Crippen LogP contribution in [0.4, 0.5) is 5.69 Å². The zero-order valence-electron chi connectivity index (χ0n) is 35.3. The van der Waals surface area contributed by atoms with Crippen LogP contribution in [0.25, 0.3) is 33.4 Å². The molecule has 2 amide bonds. The second-order valence-electron chi connectivity index (χ2n) is 18.4. The van der Waals surface area contributed by atoms with Crippen molar-refractivity contribution in [1.29, 1.82) is 0 Å². The molecule has 3 fully saturated rings. The van der Waals surface area contributed by atoms with Gasteiger partial charge in [-0.1, -0.05) is 20.8 Å². The van der Waals surface area contributed by atoms with Gasteiger partial charge in [-0.3, -0.25) is 24.4 Å². The number of carbonyl (C=O) groups excluding carboxylic acids is 3. The van der Waals surface area contributed by atoms with Crippen molar-refractivity contribution in [2.24, 2.45) is 17.3 Å². The van der Waals surface area contributed by atoms with Gasteiger partial charge in [-0.05, 0) is 87.7 Å². The summed E-state index contributed by atoms with van der Waals surface area (Å²) < 4.78 is 14.7. The fraction of sp³-hybridized carbons (Fsp3) is 0.578. The summed E-state index contributed by atoms with van der Waals surface area (Å²) >= 11 is 1.52.